The number of carbonyl (C=O) groups is 3. The van der Waals surface area contributed by atoms with Gasteiger partial charge in [0.25, 0.3) is 0 Å². The van der Waals surface area contributed by atoms with Gasteiger partial charge in [-0.25, -0.2) is 9.69 Å². The van der Waals surface area contributed by atoms with Gasteiger partial charge in [0.2, 0.25) is 0 Å². The topological polar surface area (TPSA) is 62.1 Å². The number of fused-ring (bicyclic) bond motifs is 1. The van der Waals surface area contributed by atoms with E-state index in [4.69, 9.17) is 0 Å². The molecule has 7 heteroatoms. The van der Waals surface area contributed by atoms with Crippen molar-refractivity contribution in [2.24, 2.45) is 0 Å². The molecule has 1 N–H and O–H groups in total. The molecular weight excluding hydrogens is 302 g/mol. The van der Waals surface area contributed by atoms with Crippen LogP contribution in [0, 0.1) is 0 Å². The second kappa shape index (κ2) is 5.48. The lowest BCUT2D eigenvalue weighted by atomic mass is 10.0. The van der Waals surface area contributed by atoms with Crippen LogP contribution in [0.1, 0.15) is 37.3 Å². The highest BCUT2D eigenvalue weighted by atomic mass is 32.1. The van der Waals surface area contributed by atoms with Crippen molar-refractivity contribution >= 4 is 29.2 Å². The lowest BCUT2D eigenvalue weighted by Gasteiger charge is -2.32. The molecule has 1 saturated heterocycles. The SMILES string of the molecule is CC(C)N1C(=O)C(=O)N(C[NH+]2CCc3sccc3[C@@H]2C)C1=O. The molecule has 3 heterocycles. The Hall–Kier alpha value is -1.73. The first kappa shape index (κ1) is 15.2. The molecule has 4 amide bonds. The van der Waals surface area contributed by atoms with E-state index in [1.165, 1.54) is 10.4 Å². The van der Waals surface area contributed by atoms with Crippen LogP contribution in [0.5, 0.6) is 0 Å². The zero-order chi connectivity index (χ0) is 16.0. The van der Waals surface area contributed by atoms with Crippen molar-refractivity contribution < 1.29 is 19.3 Å². The summed E-state index contributed by atoms with van der Waals surface area (Å²) in [6.07, 6.45) is 0.949. The van der Waals surface area contributed by atoms with E-state index < -0.39 is 17.8 Å². The van der Waals surface area contributed by atoms with Crippen LogP contribution in [0.3, 0.4) is 0 Å². The van der Waals surface area contributed by atoms with Crippen molar-refractivity contribution in [2.45, 2.75) is 39.3 Å². The summed E-state index contributed by atoms with van der Waals surface area (Å²) < 4.78 is 0. The Morgan fingerprint density at radius 2 is 2.05 bits per heavy atom. The van der Waals surface area contributed by atoms with E-state index in [1.807, 2.05) is 0 Å². The Bertz CT molecular complexity index is 640. The Morgan fingerprint density at radius 3 is 2.68 bits per heavy atom. The molecule has 2 aliphatic heterocycles. The minimum Gasteiger partial charge on any atom is -0.311 e. The molecule has 0 aliphatic carbocycles. The molecule has 1 aromatic heterocycles. The number of hydrogen-bond acceptors (Lipinski definition) is 4. The van der Waals surface area contributed by atoms with Gasteiger partial charge in [0.1, 0.15) is 6.04 Å². The van der Waals surface area contributed by atoms with Crippen molar-refractivity contribution in [2.75, 3.05) is 13.2 Å². The van der Waals surface area contributed by atoms with Gasteiger partial charge in [-0.15, -0.1) is 11.3 Å². The molecule has 0 radical (unpaired) electrons. The smallest absolute Gasteiger partial charge is 0.311 e. The third-order valence-corrected chi connectivity index (χ3v) is 5.49. The number of quaternary nitrogens is 1. The monoisotopic (exact) mass is 322 g/mol. The number of nitrogens with one attached hydrogen (secondary N) is 1. The van der Waals surface area contributed by atoms with Crippen molar-refractivity contribution in [3.8, 4) is 0 Å². The van der Waals surface area contributed by atoms with E-state index in [0.29, 0.717) is 0 Å². The zero-order valence-corrected chi connectivity index (χ0v) is 13.8. The molecule has 0 aromatic carbocycles. The largest absolute Gasteiger partial charge is 0.338 e. The van der Waals surface area contributed by atoms with Gasteiger partial charge in [-0.3, -0.25) is 14.5 Å². The summed E-state index contributed by atoms with van der Waals surface area (Å²) in [7, 11) is 0. The zero-order valence-electron chi connectivity index (χ0n) is 13.0. The fraction of sp³-hybridized carbons (Fsp3) is 0.533. The summed E-state index contributed by atoms with van der Waals surface area (Å²) in [6.45, 7) is 6.69. The molecule has 1 fully saturated rings. The molecule has 0 saturated carbocycles. The molecule has 0 spiro atoms. The van der Waals surface area contributed by atoms with Crippen molar-refractivity contribution in [1.29, 1.82) is 0 Å². The van der Waals surface area contributed by atoms with Gasteiger partial charge in [-0.1, -0.05) is 0 Å². The maximum absolute atomic E-state index is 12.3. The molecule has 1 unspecified atom stereocenters. The van der Waals surface area contributed by atoms with Crippen LogP contribution in [0.15, 0.2) is 11.4 Å². The molecule has 2 aliphatic rings. The molecule has 2 atom stereocenters. The highest BCUT2D eigenvalue weighted by molar-refractivity contribution is 7.10. The molecule has 1 aromatic rings. The van der Waals surface area contributed by atoms with Gasteiger partial charge < -0.3 is 4.90 Å². The summed E-state index contributed by atoms with van der Waals surface area (Å²) in [6, 6.07) is 1.55. The van der Waals surface area contributed by atoms with E-state index in [-0.39, 0.29) is 18.8 Å². The summed E-state index contributed by atoms with van der Waals surface area (Å²) in [5.41, 5.74) is 1.29. The number of imide groups is 2. The summed E-state index contributed by atoms with van der Waals surface area (Å²) in [5.74, 6) is -1.41. The minimum absolute atomic E-state index is 0.221. The van der Waals surface area contributed by atoms with Crippen LogP contribution in [0.4, 0.5) is 4.79 Å². The number of nitrogens with zero attached hydrogens (tertiary/aromatic N) is 2. The fourth-order valence-corrected chi connectivity index (χ4v) is 4.17. The van der Waals surface area contributed by atoms with Gasteiger partial charge in [0.15, 0.2) is 6.67 Å². The summed E-state index contributed by atoms with van der Waals surface area (Å²) >= 11 is 1.76. The maximum atomic E-state index is 12.3. The van der Waals surface area contributed by atoms with Gasteiger partial charge >= 0.3 is 17.8 Å². The quantitative estimate of drug-likeness (QED) is 0.647. The Labute approximate surface area is 133 Å². The number of hydrogen-bond donors (Lipinski definition) is 1. The average Bonchev–Trinajstić information content (AvgIpc) is 3.01. The predicted molar refractivity (Wildman–Crippen MR) is 81.4 cm³/mol. The van der Waals surface area contributed by atoms with Crippen LogP contribution in [-0.2, 0) is 16.0 Å². The third kappa shape index (κ3) is 2.24. The van der Waals surface area contributed by atoms with Crippen molar-refractivity contribution in [1.82, 2.24) is 9.80 Å². The highest BCUT2D eigenvalue weighted by Gasteiger charge is 2.48. The second-order valence-electron chi connectivity index (χ2n) is 6.12. The van der Waals surface area contributed by atoms with Gasteiger partial charge in [-0.2, -0.15) is 0 Å². The van der Waals surface area contributed by atoms with Gasteiger partial charge in [-0.05, 0) is 32.2 Å². The van der Waals surface area contributed by atoms with E-state index in [1.54, 1.807) is 25.2 Å². The minimum atomic E-state index is -0.708. The average molecular weight is 322 g/mol. The van der Waals surface area contributed by atoms with Crippen LogP contribution in [-0.4, -0.2) is 46.9 Å². The number of thiophene rings is 1. The van der Waals surface area contributed by atoms with E-state index in [9.17, 15) is 14.4 Å². The Kier molecular flexibility index (Phi) is 3.78. The number of urea groups is 1. The van der Waals surface area contributed by atoms with Crippen LogP contribution in [0.25, 0.3) is 0 Å². The lowest BCUT2D eigenvalue weighted by Crippen LogP contribution is -3.14. The molecule has 0 bridgehead atoms. The highest BCUT2D eigenvalue weighted by Crippen LogP contribution is 2.25. The van der Waals surface area contributed by atoms with Gasteiger partial charge in [0.05, 0.1) is 6.54 Å². The van der Waals surface area contributed by atoms with E-state index >= 15 is 0 Å². The van der Waals surface area contributed by atoms with E-state index in [2.05, 4.69) is 18.4 Å². The molecular formula is C15H20N3O3S+. The number of amides is 4. The van der Waals surface area contributed by atoms with Gasteiger partial charge in [0, 0.05) is 22.9 Å². The summed E-state index contributed by atoms with van der Waals surface area (Å²) in [4.78, 5) is 41.1. The normalized spacial score (nSPS) is 25.4. The fourth-order valence-electron chi connectivity index (χ4n) is 3.19. The number of rotatable bonds is 3. The maximum Gasteiger partial charge on any atom is 0.338 e. The van der Waals surface area contributed by atoms with Crippen molar-refractivity contribution in [3.63, 3.8) is 0 Å². The summed E-state index contributed by atoms with van der Waals surface area (Å²) in [5, 5.41) is 2.08. The Morgan fingerprint density at radius 1 is 1.32 bits per heavy atom. The molecule has 22 heavy (non-hydrogen) atoms. The van der Waals surface area contributed by atoms with Crippen LogP contribution < -0.4 is 4.90 Å². The first-order valence-electron chi connectivity index (χ1n) is 7.51. The first-order valence-corrected chi connectivity index (χ1v) is 8.39. The van der Waals surface area contributed by atoms with E-state index in [0.717, 1.165) is 27.7 Å². The number of carbonyl (C=O) groups excluding carboxylic acids is 3. The third-order valence-electron chi connectivity index (χ3n) is 4.49. The van der Waals surface area contributed by atoms with Crippen molar-refractivity contribution in [3.05, 3.63) is 21.9 Å². The molecule has 118 valence electrons. The predicted octanol–water partition coefficient (Wildman–Crippen LogP) is 0.407. The molecule has 6 nitrogen and oxygen atoms in total. The lowest BCUT2D eigenvalue weighted by molar-refractivity contribution is -0.938. The first-order chi connectivity index (χ1) is 10.4. The molecule has 3 rings (SSSR count). The Balaban J connectivity index is 1.78. The van der Waals surface area contributed by atoms with Crippen LogP contribution in [0.2, 0.25) is 0 Å². The van der Waals surface area contributed by atoms with Crippen LogP contribution >= 0.6 is 11.3 Å². The second-order valence-corrected chi connectivity index (χ2v) is 7.12. The standard InChI is InChI=1S/C15H19N3O3S/c1-9(2)18-14(20)13(19)17(15(18)21)8-16-6-4-12-11(10(16)3)5-7-22-12/h5,7,9-10H,4,6,8H2,1-3H3/p+1/t10-/m0/s1.